The topological polar surface area (TPSA) is 156 Å². The molecule has 0 aliphatic heterocycles. The molecule has 0 saturated carbocycles. The summed E-state index contributed by atoms with van der Waals surface area (Å²) in [5.74, 6) is -4.50. The summed E-state index contributed by atoms with van der Waals surface area (Å²) in [4.78, 5) is 22.3. The van der Waals surface area contributed by atoms with Crippen molar-refractivity contribution in [2.24, 2.45) is 11.8 Å². The van der Waals surface area contributed by atoms with Gasteiger partial charge in [-0.3, -0.25) is 0 Å². The van der Waals surface area contributed by atoms with Crippen molar-refractivity contribution in [1.29, 1.82) is 0 Å². The molecule has 0 aromatic carbocycles. The van der Waals surface area contributed by atoms with Gasteiger partial charge in [0.25, 0.3) is 0 Å². The third-order valence-corrected chi connectivity index (χ3v) is 2.90. The molecule has 0 saturated heterocycles. The maximum Gasteiger partial charge on any atom is 0.332 e. The van der Waals surface area contributed by atoms with Gasteiger partial charge in [-0.05, 0) is 12.8 Å². The maximum absolute atomic E-state index is 11.2. The fourth-order valence-corrected chi connectivity index (χ4v) is 1.63. The van der Waals surface area contributed by atoms with Crippen LogP contribution in [0.5, 0.6) is 0 Å². The predicted octanol–water partition coefficient (Wildman–Crippen LogP) is -1.57. The Balaban J connectivity index is 5.44. The molecule has 8 nitrogen and oxygen atoms in total. The molecule has 0 fully saturated rings. The molecule has 8 heteroatoms. The van der Waals surface area contributed by atoms with Crippen molar-refractivity contribution in [3.8, 4) is 0 Å². The lowest BCUT2D eigenvalue weighted by atomic mass is 9.91. The molecule has 0 unspecified atom stereocenters. The van der Waals surface area contributed by atoms with Gasteiger partial charge in [-0.2, -0.15) is 0 Å². The van der Waals surface area contributed by atoms with Crippen LogP contribution < -0.4 is 0 Å². The summed E-state index contributed by atoms with van der Waals surface area (Å²) in [6, 6.07) is 0. The molecule has 0 aromatic rings. The summed E-state index contributed by atoms with van der Waals surface area (Å²) in [5.41, 5.74) is -0.894. The summed E-state index contributed by atoms with van der Waals surface area (Å²) < 4.78 is 0. The van der Waals surface area contributed by atoms with Gasteiger partial charge in [-0.15, -0.1) is 0 Å². The van der Waals surface area contributed by atoms with Crippen LogP contribution in [0.2, 0.25) is 0 Å². The highest BCUT2D eigenvalue weighted by Gasteiger charge is 2.25. The van der Waals surface area contributed by atoms with Gasteiger partial charge in [0, 0.05) is 49.4 Å². The Morgan fingerprint density at radius 3 is 1.05 bits per heavy atom. The van der Waals surface area contributed by atoms with Gasteiger partial charge < -0.3 is 30.6 Å². The Kier molecular flexibility index (Phi) is 8.73. The second kappa shape index (κ2) is 9.43. The second-order valence-electron chi connectivity index (χ2n) is 4.44. The minimum atomic E-state index is -1.47. The third-order valence-electron chi connectivity index (χ3n) is 2.90. The Hall–Kier alpha value is -1.48. The number of hydrogen-bond acceptors (Lipinski definition) is 6. The highest BCUT2D eigenvalue weighted by atomic mass is 16.4. The van der Waals surface area contributed by atoms with Gasteiger partial charge in [-0.25, -0.2) is 9.59 Å². The lowest BCUT2D eigenvalue weighted by Gasteiger charge is -2.16. The maximum atomic E-state index is 11.2. The molecule has 0 aliphatic carbocycles. The Morgan fingerprint density at radius 2 is 0.900 bits per heavy atom. The number of aliphatic hydroxyl groups excluding tert-OH is 4. The molecule has 116 valence electrons. The van der Waals surface area contributed by atoms with Gasteiger partial charge in [0.2, 0.25) is 0 Å². The van der Waals surface area contributed by atoms with E-state index < -0.39 is 61.3 Å². The van der Waals surface area contributed by atoms with Crippen LogP contribution in [0, 0.1) is 11.8 Å². The molecule has 0 bridgehead atoms. The Morgan fingerprint density at radius 1 is 0.650 bits per heavy atom. The number of carboxylic acid groups (broad SMARTS) is 2. The van der Waals surface area contributed by atoms with E-state index in [-0.39, 0.29) is 12.8 Å². The summed E-state index contributed by atoms with van der Waals surface area (Å²) in [7, 11) is 0. The monoisotopic (exact) mass is 292 g/mol. The highest BCUT2D eigenvalue weighted by molar-refractivity contribution is 5.98. The van der Waals surface area contributed by atoms with Crippen LogP contribution in [-0.4, -0.2) is 69.0 Å². The standard InChI is InChI=1S/C12H20O8/c13-3-7(4-14)1-9(11(17)18)10(12(19)20)2-8(5-15)6-16/h7-8,13-16H,1-6H2,(H,17,18)(H,19,20)/b10-9-. The van der Waals surface area contributed by atoms with Gasteiger partial charge >= 0.3 is 11.9 Å². The first kappa shape index (κ1) is 18.5. The highest BCUT2D eigenvalue weighted by Crippen LogP contribution is 2.22. The van der Waals surface area contributed by atoms with Crippen LogP contribution in [0.25, 0.3) is 0 Å². The van der Waals surface area contributed by atoms with Gasteiger partial charge in [0.05, 0.1) is 0 Å². The molecule has 0 amide bonds. The fraction of sp³-hybridized carbons (Fsp3) is 0.667. The first-order valence-electron chi connectivity index (χ1n) is 6.03. The van der Waals surface area contributed by atoms with E-state index in [1.54, 1.807) is 0 Å². The number of aliphatic carboxylic acids is 2. The summed E-state index contributed by atoms with van der Waals surface area (Å²) in [5, 5.41) is 54.0. The van der Waals surface area contributed by atoms with Crippen LogP contribution in [-0.2, 0) is 9.59 Å². The number of carboxylic acids is 2. The van der Waals surface area contributed by atoms with E-state index in [9.17, 15) is 9.59 Å². The molecule has 0 heterocycles. The normalized spacial score (nSPS) is 12.7. The van der Waals surface area contributed by atoms with Crippen LogP contribution in [0.4, 0.5) is 0 Å². The average Bonchev–Trinajstić information content (AvgIpc) is 2.42. The van der Waals surface area contributed by atoms with Crippen molar-refractivity contribution in [2.45, 2.75) is 12.8 Å². The smallest absolute Gasteiger partial charge is 0.332 e. The molecule has 6 N–H and O–H groups in total. The number of aliphatic hydroxyl groups is 4. The molecule has 0 spiro atoms. The van der Waals surface area contributed by atoms with Gasteiger partial charge in [0.15, 0.2) is 0 Å². The molecule has 0 atom stereocenters. The van der Waals surface area contributed by atoms with Crippen molar-refractivity contribution in [1.82, 2.24) is 0 Å². The zero-order valence-corrected chi connectivity index (χ0v) is 10.9. The number of carbonyl (C=O) groups is 2. The van der Waals surface area contributed by atoms with E-state index in [0.717, 1.165) is 0 Å². The molecule has 0 aromatic heterocycles. The SMILES string of the molecule is O=C(O)/C(CC(CO)CO)=C(/CC(CO)CO)C(=O)O. The molecular formula is C12H20O8. The molecule has 0 aliphatic rings. The van der Waals surface area contributed by atoms with Crippen LogP contribution in [0.15, 0.2) is 11.1 Å². The Labute approximate surface area is 115 Å². The number of rotatable bonds is 10. The van der Waals surface area contributed by atoms with Crippen molar-refractivity contribution in [3.63, 3.8) is 0 Å². The fourth-order valence-electron chi connectivity index (χ4n) is 1.63. The van der Waals surface area contributed by atoms with E-state index in [2.05, 4.69) is 0 Å². The van der Waals surface area contributed by atoms with E-state index in [1.807, 2.05) is 0 Å². The van der Waals surface area contributed by atoms with Crippen molar-refractivity contribution in [2.75, 3.05) is 26.4 Å². The van der Waals surface area contributed by atoms with Crippen LogP contribution in [0.1, 0.15) is 12.8 Å². The number of hydrogen-bond donors (Lipinski definition) is 6. The van der Waals surface area contributed by atoms with Crippen molar-refractivity contribution < 1.29 is 40.2 Å². The summed E-state index contributed by atoms with van der Waals surface area (Å²) in [6.07, 6.45) is -0.624. The largest absolute Gasteiger partial charge is 0.478 e. The van der Waals surface area contributed by atoms with Gasteiger partial charge in [-0.1, -0.05) is 0 Å². The Bertz CT molecular complexity index is 320. The summed E-state index contributed by atoms with van der Waals surface area (Å²) in [6.45, 7) is -1.93. The molecule has 0 radical (unpaired) electrons. The van der Waals surface area contributed by atoms with Crippen molar-refractivity contribution >= 4 is 11.9 Å². The molecular weight excluding hydrogens is 272 g/mol. The minimum Gasteiger partial charge on any atom is -0.478 e. The summed E-state index contributed by atoms with van der Waals surface area (Å²) >= 11 is 0. The lowest BCUT2D eigenvalue weighted by Crippen LogP contribution is -2.22. The second-order valence-corrected chi connectivity index (χ2v) is 4.44. The molecule has 20 heavy (non-hydrogen) atoms. The van der Waals surface area contributed by atoms with E-state index in [0.29, 0.717) is 0 Å². The lowest BCUT2D eigenvalue weighted by molar-refractivity contribution is -0.136. The molecule has 0 rings (SSSR count). The van der Waals surface area contributed by atoms with E-state index in [4.69, 9.17) is 30.6 Å². The van der Waals surface area contributed by atoms with Crippen LogP contribution >= 0.6 is 0 Å². The van der Waals surface area contributed by atoms with E-state index >= 15 is 0 Å². The van der Waals surface area contributed by atoms with Crippen LogP contribution in [0.3, 0.4) is 0 Å². The van der Waals surface area contributed by atoms with Gasteiger partial charge in [0.1, 0.15) is 0 Å². The van der Waals surface area contributed by atoms with Crippen molar-refractivity contribution in [3.05, 3.63) is 11.1 Å². The average molecular weight is 292 g/mol. The first-order chi connectivity index (χ1) is 9.40. The zero-order chi connectivity index (χ0) is 15.7. The predicted molar refractivity (Wildman–Crippen MR) is 66.9 cm³/mol. The third kappa shape index (κ3) is 5.66. The zero-order valence-electron chi connectivity index (χ0n) is 10.9. The van der Waals surface area contributed by atoms with E-state index in [1.165, 1.54) is 0 Å². The quantitative estimate of drug-likeness (QED) is 0.264. The first-order valence-corrected chi connectivity index (χ1v) is 6.03. The minimum absolute atomic E-state index is 0.312.